The number of hydrogen-bond donors (Lipinski definition) is 3. The van der Waals surface area contributed by atoms with Crippen molar-refractivity contribution < 1.29 is 0 Å². The molecule has 0 spiro atoms. The average Bonchev–Trinajstić information content (AvgIpc) is 1.80. The fourth-order valence-electron chi connectivity index (χ4n) is 0.431. The van der Waals surface area contributed by atoms with Gasteiger partial charge < -0.3 is 5.73 Å². The summed E-state index contributed by atoms with van der Waals surface area (Å²) < 4.78 is 0. The summed E-state index contributed by atoms with van der Waals surface area (Å²) in [5, 5.41) is 5.63. The van der Waals surface area contributed by atoms with Gasteiger partial charge in [-0.2, -0.15) is 5.12 Å². The van der Waals surface area contributed by atoms with Crippen LogP contribution in [0.2, 0.25) is 0 Å². The van der Waals surface area contributed by atoms with Crippen LogP contribution in [0.25, 0.3) is 0 Å². The molecule has 0 aliphatic carbocycles. The second-order valence-corrected chi connectivity index (χ2v) is 1.57. The number of hydrazine groups is 3. The molecule has 6 nitrogen and oxygen atoms in total. The lowest BCUT2D eigenvalue weighted by Crippen LogP contribution is -2.47. The van der Waals surface area contributed by atoms with Gasteiger partial charge in [0.2, 0.25) is 0 Å². The average molecular weight is 128 g/mol. The summed E-state index contributed by atoms with van der Waals surface area (Å²) in [6, 6.07) is 0. The van der Waals surface area contributed by atoms with Gasteiger partial charge in [-0.05, 0) is 0 Å². The lowest BCUT2D eigenvalue weighted by Gasteiger charge is -2.24. The first-order chi connectivity index (χ1) is 4.20. The van der Waals surface area contributed by atoms with Crippen LogP contribution in [0.15, 0.2) is 17.0 Å². The molecule has 1 aliphatic heterocycles. The van der Waals surface area contributed by atoms with E-state index in [2.05, 4.69) is 5.10 Å². The van der Waals surface area contributed by atoms with Crippen LogP contribution in [-0.2, 0) is 0 Å². The van der Waals surface area contributed by atoms with E-state index in [0.717, 1.165) is 10.3 Å². The normalized spacial score (nSPS) is 18.2. The van der Waals surface area contributed by atoms with Crippen LogP contribution in [0.5, 0.6) is 0 Å². The molecule has 0 unspecified atom stereocenters. The molecular weight excluding hydrogens is 120 g/mol. The van der Waals surface area contributed by atoms with Gasteiger partial charge in [-0.3, -0.25) is 0 Å². The Morgan fingerprint density at radius 2 is 2.11 bits per heavy atom. The first kappa shape index (κ1) is 5.86. The molecule has 0 saturated heterocycles. The zero-order valence-corrected chi connectivity index (χ0v) is 4.73. The van der Waals surface area contributed by atoms with Gasteiger partial charge in [0.15, 0.2) is 0 Å². The minimum atomic E-state index is 0.471. The maximum atomic E-state index is 5.30. The first-order valence-electron chi connectivity index (χ1n) is 2.30. The minimum absolute atomic E-state index is 0.471. The molecule has 0 radical (unpaired) electrons. The van der Waals surface area contributed by atoms with Crippen molar-refractivity contribution in [3.63, 3.8) is 0 Å². The van der Waals surface area contributed by atoms with Crippen molar-refractivity contribution in [2.75, 3.05) is 0 Å². The van der Waals surface area contributed by atoms with E-state index in [1.165, 1.54) is 12.4 Å². The van der Waals surface area contributed by atoms with Gasteiger partial charge in [-0.15, -0.1) is 10.3 Å². The van der Waals surface area contributed by atoms with E-state index in [1.807, 2.05) is 0 Å². The molecule has 50 valence electrons. The molecule has 0 bridgehead atoms. The number of rotatable bonds is 0. The highest BCUT2D eigenvalue weighted by molar-refractivity contribution is 5.77. The molecular formula is C3H8N6. The van der Waals surface area contributed by atoms with Gasteiger partial charge in [0.05, 0.1) is 18.1 Å². The van der Waals surface area contributed by atoms with Crippen molar-refractivity contribution in [2.24, 2.45) is 22.5 Å². The first-order valence-corrected chi connectivity index (χ1v) is 2.30. The summed E-state index contributed by atoms with van der Waals surface area (Å²) in [4.78, 5) is 0. The summed E-state index contributed by atoms with van der Waals surface area (Å²) >= 11 is 0. The quantitative estimate of drug-likeness (QED) is 0.329. The number of hydrogen-bond acceptors (Lipinski definition) is 6. The van der Waals surface area contributed by atoms with Gasteiger partial charge in [0, 0.05) is 0 Å². The van der Waals surface area contributed by atoms with Crippen LogP contribution < -0.4 is 17.4 Å². The van der Waals surface area contributed by atoms with E-state index in [0.29, 0.717) is 5.70 Å². The number of nitrogens with zero attached hydrogens (tertiary/aromatic N) is 3. The van der Waals surface area contributed by atoms with E-state index >= 15 is 0 Å². The largest absolute Gasteiger partial charge is 0.396 e. The molecule has 6 N–H and O–H groups in total. The summed E-state index contributed by atoms with van der Waals surface area (Å²) in [6.07, 6.45) is 2.86. The smallest absolute Gasteiger partial charge is 0.0753 e. The van der Waals surface area contributed by atoms with E-state index in [-0.39, 0.29) is 0 Å². The lowest BCUT2D eigenvalue weighted by atomic mass is 10.5. The highest BCUT2D eigenvalue weighted by Gasteiger charge is 2.03. The van der Waals surface area contributed by atoms with Crippen LogP contribution >= 0.6 is 0 Å². The number of allylic oxidation sites excluding steroid dienone is 1. The molecule has 1 aliphatic rings. The van der Waals surface area contributed by atoms with Crippen molar-refractivity contribution in [1.29, 1.82) is 0 Å². The topological polar surface area (TPSA) is 96.9 Å². The van der Waals surface area contributed by atoms with Gasteiger partial charge >= 0.3 is 0 Å². The summed E-state index contributed by atoms with van der Waals surface area (Å²) in [5.41, 5.74) is 5.77. The number of nitrogens with two attached hydrogens (primary N) is 3. The minimum Gasteiger partial charge on any atom is -0.396 e. The van der Waals surface area contributed by atoms with Crippen molar-refractivity contribution in [3.8, 4) is 0 Å². The summed E-state index contributed by atoms with van der Waals surface area (Å²) in [6.45, 7) is 0. The van der Waals surface area contributed by atoms with Crippen LogP contribution in [0.1, 0.15) is 0 Å². The van der Waals surface area contributed by atoms with E-state index in [4.69, 9.17) is 17.4 Å². The molecule has 0 saturated carbocycles. The van der Waals surface area contributed by atoms with Crippen LogP contribution in [0.3, 0.4) is 0 Å². The Kier molecular flexibility index (Phi) is 1.25. The summed E-state index contributed by atoms with van der Waals surface area (Å²) in [5.74, 6) is 10.4. The van der Waals surface area contributed by atoms with Crippen molar-refractivity contribution in [2.45, 2.75) is 0 Å². The van der Waals surface area contributed by atoms with Gasteiger partial charge in [-0.25, -0.2) is 11.7 Å². The van der Waals surface area contributed by atoms with Crippen LogP contribution in [0.4, 0.5) is 0 Å². The van der Waals surface area contributed by atoms with E-state index in [9.17, 15) is 0 Å². The fourth-order valence-corrected chi connectivity index (χ4v) is 0.431. The van der Waals surface area contributed by atoms with E-state index < -0.39 is 0 Å². The molecule has 1 rings (SSSR count). The summed E-state index contributed by atoms with van der Waals surface area (Å²) in [7, 11) is 0. The molecule has 0 aromatic rings. The molecule has 0 aromatic heterocycles. The molecule has 0 atom stereocenters. The van der Waals surface area contributed by atoms with E-state index in [1.54, 1.807) is 0 Å². The second kappa shape index (κ2) is 1.92. The van der Waals surface area contributed by atoms with Crippen LogP contribution in [-0.4, -0.2) is 16.6 Å². The predicted molar refractivity (Wildman–Crippen MR) is 32.8 cm³/mol. The third-order valence-electron chi connectivity index (χ3n) is 0.843. The molecule has 0 aromatic carbocycles. The van der Waals surface area contributed by atoms with Gasteiger partial charge in [-0.1, -0.05) is 0 Å². The standard InChI is InChI=1S/C3H8N6/c4-3-1-7-9(6)8(5)2-3/h1-2H,4-6H2. The Morgan fingerprint density at radius 1 is 1.44 bits per heavy atom. The fraction of sp³-hybridized carbons (Fsp3) is 0. The lowest BCUT2D eigenvalue weighted by molar-refractivity contribution is 0.0196. The predicted octanol–water partition coefficient (Wildman–Crippen LogP) is -1.95. The molecule has 0 fully saturated rings. The Bertz CT molecular complexity index is 160. The molecule has 1 heterocycles. The second-order valence-electron chi connectivity index (χ2n) is 1.57. The third-order valence-corrected chi connectivity index (χ3v) is 0.843. The molecule has 6 heteroatoms. The third kappa shape index (κ3) is 1.09. The Labute approximate surface area is 52.1 Å². The molecule has 0 amide bonds. The zero-order chi connectivity index (χ0) is 6.85. The van der Waals surface area contributed by atoms with Gasteiger partial charge in [0.25, 0.3) is 0 Å². The zero-order valence-electron chi connectivity index (χ0n) is 4.73. The highest BCUT2D eigenvalue weighted by atomic mass is 16.0. The van der Waals surface area contributed by atoms with Crippen molar-refractivity contribution in [1.82, 2.24) is 10.3 Å². The van der Waals surface area contributed by atoms with Crippen molar-refractivity contribution in [3.05, 3.63) is 11.9 Å². The molecule has 9 heavy (non-hydrogen) atoms. The monoisotopic (exact) mass is 128 g/mol. The Morgan fingerprint density at radius 3 is 2.56 bits per heavy atom. The SMILES string of the molecule is NC1=CN(N)N(N)N=C1. The maximum absolute atomic E-state index is 5.30. The van der Waals surface area contributed by atoms with Crippen LogP contribution in [0, 0.1) is 0 Å². The van der Waals surface area contributed by atoms with Gasteiger partial charge in [0.1, 0.15) is 0 Å². The maximum Gasteiger partial charge on any atom is 0.0753 e. The Balaban J connectivity index is 2.70. The Hall–Kier alpha value is -1.27. The highest BCUT2D eigenvalue weighted by Crippen LogP contribution is 1.93. The van der Waals surface area contributed by atoms with Crippen molar-refractivity contribution >= 4 is 6.21 Å². The number of hydrazone groups is 1.